The van der Waals surface area contributed by atoms with Crippen molar-refractivity contribution in [3.63, 3.8) is 0 Å². The van der Waals surface area contributed by atoms with Crippen LogP contribution in [0.4, 0.5) is 0 Å². The first-order valence-corrected chi connectivity index (χ1v) is 9.53. The number of carbonyl (C=O) groups is 3. The number of hydrogen-bond acceptors (Lipinski definition) is 5. The number of pyridine rings is 1. The topological polar surface area (TPSA) is 74.1 Å². The van der Waals surface area contributed by atoms with Crippen molar-refractivity contribution in [3.05, 3.63) is 88.7 Å². The van der Waals surface area contributed by atoms with Gasteiger partial charge >= 0.3 is 5.97 Å². The van der Waals surface area contributed by atoms with E-state index in [0.717, 1.165) is 10.8 Å². The van der Waals surface area contributed by atoms with E-state index in [-0.39, 0.29) is 41.6 Å². The molecule has 0 amide bonds. The molecule has 2 aromatic carbocycles. The minimum Gasteiger partial charge on any atom is -0.460 e. The molecule has 6 nitrogen and oxygen atoms in total. The zero-order valence-electron chi connectivity index (χ0n) is 16.2. The second-order valence-corrected chi connectivity index (χ2v) is 7.09. The van der Waals surface area contributed by atoms with Gasteiger partial charge < -0.3 is 13.9 Å². The first kappa shape index (κ1) is 18.3. The molecule has 5 rings (SSSR count). The van der Waals surface area contributed by atoms with Crippen molar-refractivity contribution >= 4 is 33.8 Å². The lowest BCUT2D eigenvalue weighted by atomic mass is 9.86. The second kappa shape index (κ2) is 6.93. The van der Waals surface area contributed by atoms with Gasteiger partial charge in [-0.05, 0) is 16.8 Å². The average molecular weight is 399 g/mol. The number of carbonyl (C=O) groups excluding carboxylic acids is 3. The zero-order valence-corrected chi connectivity index (χ0v) is 16.2. The van der Waals surface area contributed by atoms with Crippen LogP contribution < -0.4 is 0 Å². The first-order chi connectivity index (χ1) is 14.6. The Morgan fingerprint density at radius 1 is 0.900 bits per heavy atom. The summed E-state index contributed by atoms with van der Waals surface area (Å²) in [6.07, 6.45) is 1.79. The number of aromatic nitrogens is 1. The van der Waals surface area contributed by atoms with Crippen LogP contribution in [0.3, 0.4) is 0 Å². The lowest BCUT2D eigenvalue weighted by molar-refractivity contribution is 0.0388. The van der Waals surface area contributed by atoms with Crippen molar-refractivity contribution in [2.24, 2.45) is 0 Å². The van der Waals surface area contributed by atoms with Crippen molar-refractivity contribution in [3.8, 4) is 0 Å². The van der Waals surface area contributed by atoms with Crippen molar-refractivity contribution in [1.82, 2.24) is 4.40 Å². The molecule has 0 atom stereocenters. The highest BCUT2D eigenvalue weighted by molar-refractivity contribution is 6.32. The first-order valence-electron chi connectivity index (χ1n) is 9.53. The predicted molar refractivity (Wildman–Crippen MR) is 110 cm³/mol. The zero-order chi connectivity index (χ0) is 20.8. The van der Waals surface area contributed by atoms with E-state index in [4.69, 9.17) is 9.47 Å². The molecule has 0 radical (unpaired) electrons. The molecule has 1 aliphatic rings. The maximum Gasteiger partial charge on any atom is 0.341 e. The number of ketones is 2. The van der Waals surface area contributed by atoms with Gasteiger partial charge in [0.2, 0.25) is 5.78 Å². The smallest absolute Gasteiger partial charge is 0.341 e. The molecule has 0 saturated carbocycles. The minimum absolute atomic E-state index is 0.0494. The Labute approximate surface area is 171 Å². The van der Waals surface area contributed by atoms with Gasteiger partial charge in [-0.2, -0.15) is 0 Å². The van der Waals surface area contributed by atoms with Crippen LogP contribution in [0.5, 0.6) is 0 Å². The van der Waals surface area contributed by atoms with Crippen molar-refractivity contribution in [1.29, 1.82) is 0 Å². The highest BCUT2D eigenvalue weighted by Gasteiger charge is 2.38. The van der Waals surface area contributed by atoms with Gasteiger partial charge in [-0.3, -0.25) is 9.59 Å². The van der Waals surface area contributed by atoms with Crippen LogP contribution in [0, 0.1) is 0 Å². The normalized spacial score (nSPS) is 12.8. The summed E-state index contributed by atoms with van der Waals surface area (Å²) in [5.41, 5.74) is 1.49. The third-order valence-electron chi connectivity index (χ3n) is 5.38. The van der Waals surface area contributed by atoms with Gasteiger partial charge in [-0.25, -0.2) is 4.79 Å². The van der Waals surface area contributed by atoms with E-state index in [1.54, 1.807) is 34.9 Å². The fourth-order valence-electron chi connectivity index (χ4n) is 4.01. The van der Waals surface area contributed by atoms with Gasteiger partial charge in [0.15, 0.2) is 5.78 Å². The molecule has 0 unspecified atom stereocenters. The lowest BCUT2D eigenvalue weighted by Crippen LogP contribution is -2.23. The highest BCUT2D eigenvalue weighted by Crippen LogP contribution is 2.35. The van der Waals surface area contributed by atoms with Crippen LogP contribution in [-0.2, 0) is 9.47 Å². The molecular formula is C24H17NO5. The summed E-state index contributed by atoms with van der Waals surface area (Å²) in [6, 6.07) is 16.1. The molecule has 0 fully saturated rings. The van der Waals surface area contributed by atoms with Crippen molar-refractivity contribution < 1.29 is 23.9 Å². The van der Waals surface area contributed by atoms with Crippen LogP contribution in [-0.4, -0.2) is 42.3 Å². The number of hydrogen-bond donors (Lipinski definition) is 0. The van der Waals surface area contributed by atoms with Crippen LogP contribution in [0.15, 0.2) is 60.8 Å². The molecule has 30 heavy (non-hydrogen) atoms. The van der Waals surface area contributed by atoms with Gasteiger partial charge in [0.1, 0.15) is 12.3 Å². The summed E-state index contributed by atoms with van der Waals surface area (Å²) in [4.78, 5) is 39.7. The number of esters is 1. The third-order valence-corrected chi connectivity index (χ3v) is 5.38. The van der Waals surface area contributed by atoms with Gasteiger partial charge in [-0.15, -0.1) is 0 Å². The quantitative estimate of drug-likeness (QED) is 0.341. The Morgan fingerprint density at radius 3 is 2.30 bits per heavy atom. The fraction of sp³-hybridized carbons (Fsp3) is 0.125. The van der Waals surface area contributed by atoms with Crippen molar-refractivity contribution in [2.75, 3.05) is 20.3 Å². The molecule has 6 heteroatoms. The summed E-state index contributed by atoms with van der Waals surface area (Å²) in [5.74, 6) is -1.30. The van der Waals surface area contributed by atoms with Gasteiger partial charge in [-0.1, -0.05) is 48.5 Å². The van der Waals surface area contributed by atoms with E-state index < -0.39 is 5.97 Å². The summed E-state index contributed by atoms with van der Waals surface area (Å²) in [5, 5.41) is 1.78. The van der Waals surface area contributed by atoms with Gasteiger partial charge in [0.05, 0.1) is 23.3 Å². The number of fused-ring (bicyclic) bond motifs is 5. The van der Waals surface area contributed by atoms with E-state index in [1.165, 1.54) is 7.11 Å². The maximum atomic E-state index is 13.4. The van der Waals surface area contributed by atoms with E-state index in [9.17, 15) is 14.4 Å². The van der Waals surface area contributed by atoms with Crippen LogP contribution in [0.1, 0.15) is 42.3 Å². The van der Waals surface area contributed by atoms with Gasteiger partial charge in [0, 0.05) is 24.4 Å². The monoisotopic (exact) mass is 399 g/mol. The van der Waals surface area contributed by atoms with E-state index in [2.05, 4.69) is 0 Å². The molecule has 0 saturated heterocycles. The average Bonchev–Trinajstić information content (AvgIpc) is 3.10. The fourth-order valence-corrected chi connectivity index (χ4v) is 4.01. The summed E-state index contributed by atoms with van der Waals surface area (Å²) >= 11 is 0. The standard InChI is InChI=1S/C24H17NO5/c1-29-10-11-30-24(28)19-18-12-14-6-2-3-7-15(14)13-25(18)21-20(19)22(26)16-8-4-5-9-17(16)23(21)27/h2-9,12-13H,10-11H2,1H3. The Bertz CT molecular complexity index is 1370. The molecular weight excluding hydrogens is 382 g/mol. The Hall–Kier alpha value is -3.77. The molecule has 2 heterocycles. The number of nitrogens with zero attached hydrogens (tertiary/aromatic N) is 1. The molecule has 0 bridgehead atoms. The number of ether oxygens (including phenoxy) is 2. The number of benzene rings is 2. The molecule has 1 aliphatic carbocycles. The van der Waals surface area contributed by atoms with E-state index in [0.29, 0.717) is 16.6 Å². The predicted octanol–water partition coefficient (Wildman–Crippen LogP) is 3.67. The molecule has 4 aromatic rings. The van der Waals surface area contributed by atoms with Crippen molar-refractivity contribution in [2.45, 2.75) is 0 Å². The molecule has 0 N–H and O–H groups in total. The summed E-state index contributed by atoms with van der Waals surface area (Å²) in [6.45, 7) is 0.284. The maximum absolute atomic E-state index is 13.4. The number of rotatable bonds is 4. The Kier molecular flexibility index (Phi) is 4.22. The molecule has 0 spiro atoms. The Balaban J connectivity index is 1.83. The molecule has 0 aliphatic heterocycles. The third kappa shape index (κ3) is 2.58. The van der Waals surface area contributed by atoms with E-state index >= 15 is 0 Å². The van der Waals surface area contributed by atoms with Gasteiger partial charge in [0.25, 0.3) is 0 Å². The molecule has 2 aromatic heterocycles. The van der Waals surface area contributed by atoms with Crippen LogP contribution in [0.2, 0.25) is 0 Å². The SMILES string of the molecule is COCCOC(=O)c1c2c(n3cc4ccccc4cc13)C(=O)c1ccccc1C2=O. The summed E-state index contributed by atoms with van der Waals surface area (Å²) in [7, 11) is 1.51. The summed E-state index contributed by atoms with van der Waals surface area (Å²) < 4.78 is 11.9. The minimum atomic E-state index is -0.651. The largest absolute Gasteiger partial charge is 0.460 e. The highest BCUT2D eigenvalue weighted by atomic mass is 16.6. The Morgan fingerprint density at radius 2 is 1.57 bits per heavy atom. The van der Waals surface area contributed by atoms with Crippen LogP contribution >= 0.6 is 0 Å². The number of methoxy groups -OCH3 is 1. The lowest BCUT2D eigenvalue weighted by Gasteiger charge is -2.15. The second-order valence-electron chi connectivity index (χ2n) is 7.09. The van der Waals surface area contributed by atoms with Crippen LogP contribution in [0.25, 0.3) is 16.3 Å². The molecule has 148 valence electrons. The van der Waals surface area contributed by atoms with E-state index in [1.807, 2.05) is 30.3 Å².